The molecule has 3 aliphatic rings. The second-order valence-electron chi connectivity index (χ2n) is 8.42. The average Bonchev–Trinajstić information content (AvgIpc) is 3.28. The highest BCUT2D eigenvalue weighted by atomic mass is 35.5. The van der Waals surface area contributed by atoms with Gasteiger partial charge in [-0.3, -0.25) is 4.79 Å². The lowest BCUT2D eigenvalue weighted by molar-refractivity contribution is -0.127. The molecule has 3 fully saturated rings. The van der Waals surface area contributed by atoms with Gasteiger partial charge >= 0.3 is 0 Å². The number of nitrogens with one attached hydrogen (secondary N) is 1. The zero-order valence-electron chi connectivity index (χ0n) is 15.7. The maximum Gasteiger partial charge on any atom is 0.223 e. The molecule has 28 heavy (non-hydrogen) atoms. The topological polar surface area (TPSA) is 66.5 Å². The van der Waals surface area contributed by atoms with Gasteiger partial charge in [0.1, 0.15) is 0 Å². The van der Waals surface area contributed by atoms with Crippen LogP contribution in [0.1, 0.15) is 44.1 Å². The zero-order valence-corrected chi connectivity index (χ0v) is 18.1. The van der Waals surface area contributed by atoms with Crippen LogP contribution in [0.2, 0.25) is 10.0 Å². The Morgan fingerprint density at radius 2 is 1.75 bits per heavy atom. The molecular formula is C20H26Cl2N2O3S. The van der Waals surface area contributed by atoms with E-state index in [1.807, 2.05) is 0 Å². The minimum atomic E-state index is -3.53. The van der Waals surface area contributed by atoms with Gasteiger partial charge in [0.15, 0.2) is 0 Å². The Balaban J connectivity index is 1.32. The predicted octanol–water partition coefficient (Wildman–Crippen LogP) is 3.84. The van der Waals surface area contributed by atoms with Crippen molar-refractivity contribution in [2.45, 2.75) is 50.3 Å². The van der Waals surface area contributed by atoms with Crippen LogP contribution in [0.3, 0.4) is 0 Å². The minimum Gasteiger partial charge on any atom is -0.353 e. The fourth-order valence-corrected chi connectivity index (χ4v) is 7.38. The highest BCUT2D eigenvalue weighted by Crippen LogP contribution is 2.44. The van der Waals surface area contributed by atoms with E-state index in [1.165, 1.54) is 23.6 Å². The third-order valence-corrected chi connectivity index (χ3v) is 9.19. The molecule has 0 radical (unpaired) electrons. The van der Waals surface area contributed by atoms with Gasteiger partial charge < -0.3 is 5.32 Å². The first-order chi connectivity index (χ1) is 13.3. The molecule has 1 saturated heterocycles. The van der Waals surface area contributed by atoms with Gasteiger partial charge in [0.05, 0.1) is 5.75 Å². The molecule has 3 atom stereocenters. The van der Waals surface area contributed by atoms with E-state index in [9.17, 15) is 13.2 Å². The van der Waals surface area contributed by atoms with Crippen molar-refractivity contribution in [3.05, 3.63) is 33.8 Å². The number of hydrogen-bond donors (Lipinski definition) is 1. The molecule has 0 spiro atoms. The van der Waals surface area contributed by atoms with Gasteiger partial charge in [-0.15, -0.1) is 0 Å². The second kappa shape index (κ2) is 8.13. The van der Waals surface area contributed by atoms with Crippen molar-refractivity contribution < 1.29 is 13.2 Å². The predicted molar refractivity (Wildman–Crippen MR) is 111 cm³/mol. The lowest BCUT2D eigenvalue weighted by Crippen LogP contribution is -2.46. The summed E-state index contributed by atoms with van der Waals surface area (Å²) >= 11 is 12.3. The number of rotatable bonds is 5. The Labute approximate surface area is 176 Å². The van der Waals surface area contributed by atoms with E-state index in [2.05, 4.69) is 5.32 Å². The number of benzene rings is 1. The first kappa shape index (κ1) is 20.5. The molecule has 1 amide bonds. The number of carbonyl (C=O) groups is 1. The van der Waals surface area contributed by atoms with E-state index in [-0.39, 0.29) is 17.6 Å². The van der Waals surface area contributed by atoms with E-state index in [1.54, 1.807) is 18.2 Å². The summed E-state index contributed by atoms with van der Waals surface area (Å²) in [6.45, 7) is 0.721. The Morgan fingerprint density at radius 3 is 2.32 bits per heavy atom. The standard InChI is InChI=1S/C20H26Cl2N2O3S/c21-17-2-1-3-18(22)16(17)12-28(26,27)24-8-6-14(7-9-24)20(25)23-19-11-13-4-5-15(19)10-13/h1-3,13-15,19H,4-12H2,(H,23,25)/t13-,15+,19+/m0/s1. The first-order valence-electron chi connectivity index (χ1n) is 10.0. The molecule has 8 heteroatoms. The van der Waals surface area contributed by atoms with E-state index in [4.69, 9.17) is 23.2 Å². The molecule has 5 nitrogen and oxygen atoms in total. The van der Waals surface area contributed by atoms with Gasteiger partial charge in [0.2, 0.25) is 15.9 Å². The van der Waals surface area contributed by atoms with Crippen LogP contribution in [-0.2, 0) is 20.6 Å². The van der Waals surface area contributed by atoms with Crippen molar-refractivity contribution in [1.29, 1.82) is 0 Å². The van der Waals surface area contributed by atoms with Gasteiger partial charge in [-0.2, -0.15) is 0 Å². The summed E-state index contributed by atoms with van der Waals surface area (Å²) in [5.41, 5.74) is 0.432. The molecule has 1 aromatic carbocycles. The molecule has 4 rings (SSSR count). The molecule has 2 saturated carbocycles. The number of piperidine rings is 1. The summed E-state index contributed by atoms with van der Waals surface area (Å²) in [4.78, 5) is 12.7. The lowest BCUT2D eigenvalue weighted by Gasteiger charge is -2.32. The van der Waals surface area contributed by atoms with Crippen LogP contribution in [0, 0.1) is 17.8 Å². The number of halogens is 2. The maximum absolute atomic E-state index is 12.8. The van der Waals surface area contributed by atoms with Crippen LogP contribution in [0.4, 0.5) is 0 Å². The Hall–Kier alpha value is -0.820. The van der Waals surface area contributed by atoms with Crippen molar-refractivity contribution in [2.75, 3.05) is 13.1 Å². The normalized spacial score (nSPS) is 28.6. The summed E-state index contributed by atoms with van der Waals surface area (Å²) in [7, 11) is -3.53. The molecule has 2 aliphatic carbocycles. The molecule has 0 unspecified atom stereocenters. The third-order valence-electron chi connectivity index (χ3n) is 6.67. The molecule has 1 heterocycles. The quantitative estimate of drug-likeness (QED) is 0.749. The summed E-state index contributed by atoms with van der Waals surface area (Å²) in [5, 5.41) is 3.96. The Morgan fingerprint density at radius 1 is 1.07 bits per heavy atom. The molecular weight excluding hydrogens is 419 g/mol. The molecule has 154 valence electrons. The van der Waals surface area contributed by atoms with Crippen molar-refractivity contribution in [2.24, 2.45) is 17.8 Å². The molecule has 2 bridgehead atoms. The van der Waals surface area contributed by atoms with E-state index in [0.29, 0.717) is 53.5 Å². The van der Waals surface area contributed by atoms with Gasteiger partial charge in [0.25, 0.3) is 0 Å². The van der Waals surface area contributed by atoms with Gasteiger partial charge in [-0.1, -0.05) is 35.7 Å². The molecule has 1 aromatic rings. The minimum absolute atomic E-state index is 0.101. The van der Waals surface area contributed by atoms with Crippen molar-refractivity contribution in [3.8, 4) is 0 Å². The zero-order chi connectivity index (χ0) is 19.9. The Kier molecular flexibility index (Phi) is 5.94. The maximum atomic E-state index is 12.8. The Bertz CT molecular complexity index is 833. The molecule has 1 aliphatic heterocycles. The van der Waals surface area contributed by atoms with Crippen LogP contribution < -0.4 is 5.32 Å². The summed E-state index contributed by atoms with van der Waals surface area (Å²) in [5.74, 6) is 1.22. The van der Waals surface area contributed by atoms with Gasteiger partial charge in [0, 0.05) is 40.7 Å². The monoisotopic (exact) mass is 444 g/mol. The summed E-state index contributed by atoms with van der Waals surface area (Å²) in [6.07, 6.45) is 6.03. The number of carbonyl (C=O) groups excluding carboxylic acids is 1. The number of fused-ring (bicyclic) bond motifs is 2. The van der Waals surface area contributed by atoms with Crippen LogP contribution in [0.5, 0.6) is 0 Å². The van der Waals surface area contributed by atoms with Crippen molar-refractivity contribution >= 4 is 39.1 Å². The fourth-order valence-electron chi connectivity index (χ4n) is 5.06. The smallest absolute Gasteiger partial charge is 0.223 e. The first-order valence-corrected chi connectivity index (χ1v) is 12.4. The van der Waals surface area contributed by atoms with Crippen LogP contribution in [-0.4, -0.2) is 37.8 Å². The van der Waals surface area contributed by atoms with E-state index < -0.39 is 10.0 Å². The third kappa shape index (κ3) is 4.20. The molecule has 0 aromatic heterocycles. The number of sulfonamides is 1. The highest BCUT2D eigenvalue weighted by Gasteiger charge is 2.41. The summed E-state index contributed by atoms with van der Waals surface area (Å²) in [6, 6.07) is 5.31. The van der Waals surface area contributed by atoms with Crippen LogP contribution in [0.25, 0.3) is 0 Å². The number of hydrogen-bond acceptors (Lipinski definition) is 3. The van der Waals surface area contributed by atoms with Gasteiger partial charge in [-0.25, -0.2) is 12.7 Å². The molecule has 1 N–H and O–H groups in total. The average molecular weight is 445 g/mol. The SMILES string of the molecule is O=C(N[C@@H]1C[C@H]2CC[C@@H]1C2)C1CCN(S(=O)(=O)Cc2c(Cl)cccc2Cl)CC1. The number of nitrogens with zero attached hydrogens (tertiary/aromatic N) is 1. The fraction of sp³-hybridized carbons (Fsp3) is 0.650. The van der Waals surface area contributed by atoms with Crippen LogP contribution >= 0.6 is 23.2 Å². The number of amides is 1. The van der Waals surface area contributed by atoms with E-state index >= 15 is 0 Å². The van der Waals surface area contributed by atoms with Gasteiger partial charge in [-0.05, 0) is 56.1 Å². The highest BCUT2D eigenvalue weighted by molar-refractivity contribution is 7.88. The lowest BCUT2D eigenvalue weighted by atomic mass is 9.93. The summed E-state index contributed by atoms with van der Waals surface area (Å²) < 4.78 is 27.1. The van der Waals surface area contributed by atoms with E-state index in [0.717, 1.165) is 12.3 Å². The largest absolute Gasteiger partial charge is 0.353 e. The van der Waals surface area contributed by atoms with Crippen molar-refractivity contribution in [3.63, 3.8) is 0 Å². The van der Waals surface area contributed by atoms with Crippen LogP contribution in [0.15, 0.2) is 18.2 Å². The van der Waals surface area contributed by atoms with Crippen molar-refractivity contribution in [1.82, 2.24) is 9.62 Å². The second-order valence-corrected chi connectivity index (χ2v) is 11.2.